The van der Waals surface area contributed by atoms with Crippen LogP contribution in [0, 0.1) is 11.3 Å². The van der Waals surface area contributed by atoms with Gasteiger partial charge in [-0.05, 0) is 25.7 Å². The molecule has 0 fully saturated rings. The van der Waals surface area contributed by atoms with Gasteiger partial charge in [0.15, 0.2) is 5.78 Å². The maximum Gasteiger partial charge on any atom is 0.267 e. The Labute approximate surface area is 229 Å². The van der Waals surface area contributed by atoms with Gasteiger partial charge in [-0.3, -0.25) is 38.2 Å². The Bertz CT molecular complexity index is 1080. The average Bonchev–Trinajstić information content (AvgIpc) is 3.11. The number of carbonyl (C=O) groups excluding carboxylic acids is 6. The van der Waals surface area contributed by atoms with E-state index >= 15 is 0 Å². The fourth-order valence-electron chi connectivity index (χ4n) is 3.85. The first-order chi connectivity index (χ1) is 17.8. The van der Waals surface area contributed by atoms with E-state index in [9.17, 15) is 41.7 Å². The highest BCUT2D eigenvalue weighted by atomic mass is 32.2. The van der Waals surface area contributed by atoms with Gasteiger partial charge in [0.25, 0.3) is 21.9 Å². The van der Waals surface area contributed by atoms with Gasteiger partial charge in [0.1, 0.15) is 17.8 Å². The number of amides is 5. The van der Waals surface area contributed by atoms with Crippen molar-refractivity contribution in [3.8, 4) is 0 Å². The van der Waals surface area contributed by atoms with E-state index in [4.69, 9.17) is 0 Å². The lowest BCUT2D eigenvalue weighted by molar-refractivity contribution is -0.137. The van der Waals surface area contributed by atoms with Crippen molar-refractivity contribution in [2.24, 2.45) is 11.3 Å². The minimum Gasteiger partial charge on any atom is -0.345 e. The largest absolute Gasteiger partial charge is 0.345 e. The number of imide groups is 1. The number of nitrogens with one attached hydrogen (secondary N) is 3. The van der Waals surface area contributed by atoms with Crippen molar-refractivity contribution in [1.29, 1.82) is 0 Å². The molecule has 1 aliphatic heterocycles. The van der Waals surface area contributed by atoms with Gasteiger partial charge < -0.3 is 16.0 Å². The Balaban J connectivity index is 2.75. The van der Waals surface area contributed by atoms with Gasteiger partial charge in [-0.1, -0.05) is 41.0 Å². The minimum atomic E-state index is -4.68. The summed E-state index contributed by atoms with van der Waals surface area (Å²) < 4.78 is 32.3. The van der Waals surface area contributed by atoms with Crippen LogP contribution in [0.2, 0.25) is 0 Å². The SMILES string of the molecule is CC(C)[C@H](NC(=O)[C@H](CS(=O)(=O)O)NC(=O)CCCCCN1C(=O)C=CC1=O)C(=O)N[C@@H](C)C(=O)C(C)(C)C. The van der Waals surface area contributed by atoms with Crippen molar-refractivity contribution < 1.29 is 41.7 Å². The first kappa shape index (κ1) is 33.9. The monoisotopic (exact) mass is 572 g/mol. The van der Waals surface area contributed by atoms with Crippen molar-refractivity contribution in [3.63, 3.8) is 0 Å². The van der Waals surface area contributed by atoms with Crippen LogP contribution in [0.3, 0.4) is 0 Å². The summed E-state index contributed by atoms with van der Waals surface area (Å²) in [4.78, 5) is 74.8. The van der Waals surface area contributed by atoms with Crippen molar-refractivity contribution >= 4 is 45.4 Å². The minimum absolute atomic E-state index is 0.0874. The third-order valence-electron chi connectivity index (χ3n) is 5.95. The van der Waals surface area contributed by atoms with Gasteiger partial charge in [-0.15, -0.1) is 0 Å². The number of unbranched alkanes of at least 4 members (excludes halogenated alkanes) is 2. The van der Waals surface area contributed by atoms with Crippen LogP contribution < -0.4 is 16.0 Å². The van der Waals surface area contributed by atoms with E-state index in [0.29, 0.717) is 19.3 Å². The molecular weight excluding hydrogens is 532 g/mol. The second-order valence-electron chi connectivity index (χ2n) is 10.9. The number of nitrogens with zero attached hydrogens (tertiary/aromatic N) is 1. The molecule has 0 aromatic rings. The van der Waals surface area contributed by atoms with Crippen LogP contribution in [-0.2, 0) is 38.9 Å². The Kier molecular flexibility index (Phi) is 12.4. The van der Waals surface area contributed by atoms with E-state index in [1.807, 2.05) is 0 Å². The van der Waals surface area contributed by atoms with Crippen LogP contribution in [0.4, 0.5) is 0 Å². The smallest absolute Gasteiger partial charge is 0.267 e. The highest BCUT2D eigenvalue weighted by Crippen LogP contribution is 2.17. The van der Waals surface area contributed by atoms with Gasteiger partial charge in [0.05, 0.1) is 6.04 Å². The molecule has 0 aromatic carbocycles. The molecule has 0 saturated carbocycles. The molecule has 0 unspecified atom stereocenters. The molecule has 0 aromatic heterocycles. The van der Waals surface area contributed by atoms with Crippen molar-refractivity contribution in [2.75, 3.05) is 12.3 Å². The lowest BCUT2D eigenvalue weighted by Gasteiger charge is -2.28. The third kappa shape index (κ3) is 11.6. The molecule has 1 rings (SSSR count). The molecule has 0 saturated heterocycles. The average molecular weight is 573 g/mol. The fourth-order valence-corrected chi connectivity index (χ4v) is 4.51. The molecule has 4 N–H and O–H groups in total. The van der Waals surface area contributed by atoms with E-state index < -0.39 is 74.9 Å². The molecule has 39 heavy (non-hydrogen) atoms. The summed E-state index contributed by atoms with van der Waals surface area (Å²) in [5.41, 5.74) is -0.714. The zero-order chi connectivity index (χ0) is 30.1. The van der Waals surface area contributed by atoms with Crippen molar-refractivity contribution in [1.82, 2.24) is 20.9 Å². The Morgan fingerprint density at radius 2 is 1.46 bits per heavy atom. The summed E-state index contributed by atoms with van der Waals surface area (Å²) in [6.07, 6.45) is 3.51. The van der Waals surface area contributed by atoms with E-state index in [-0.39, 0.29) is 18.7 Å². The van der Waals surface area contributed by atoms with Crippen LogP contribution in [0.25, 0.3) is 0 Å². The summed E-state index contributed by atoms with van der Waals surface area (Å²) in [6.45, 7) is 10.1. The summed E-state index contributed by atoms with van der Waals surface area (Å²) in [5.74, 6) is -4.92. The van der Waals surface area contributed by atoms with Crippen LogP contribution in [0.1, 0.15) is 67.2 Å². The number of ketones is 1. The molecule has 14 heteroatoms. The van der Waals surface area contributed by atoms with Crippen LogP contribution in [-0.4, -0.2) is 83.6 Å². The Morgan fingerprint density at radius 3 is 1.95 bits per heavy atom. The lowest BCUT2D eigenvalue weighted by Crippen LogP contribution is -2.58. The molecule has 5 amide bonds. The predicted molar refractivity (Wildman–Crippen MR) is 142 cm³/mol. The van der Waals surface area contributed by atoms with Gasteiger partial charge in [-0.2, -0.15) is 8.42 Å². The van der Waals surface area contributed by atoms with Crippen molar-refractivity contribution in [2.45, 2.75) is 85.4 Å². The summed E-state index contributed by atoms with van der Waals surface area (Å²) in [7, 11) is -4.68. The normalized spacial score (nSPS) is 16.2. The van der Waals surface area contributed by atoms with Crippen molar-refractivity contribution in [3.05, 3.63) is 12.2 Å². The number of carbonyl (C=O) groups is 6. The number of hydrogen-bond donors (Lipinski definition) is 4. The molecule has 1 heterocycles. The number of Topliss-reactive ketones (excluding diaryl/α,β-unsaturated/α-hetero) is 1. The first-order valence-corrected chi connectivity index (χ1v) is 14.4. The van der Waals surface area contributed by atoms with Crippen LogP contribution in [0.5, 0.6) is 0 Å². The Morgan fingerprint density at radius 1 is 0.897 bits per heavy atom. The zero-order valence-electron chi connectivity index (χ0n) is 23.3. The van der Waals surface area contributed by atoms with E-state index in [1.165, 1.54) is 19.1 Å². The molecule has 0 radical (unpaired) electrons. The molecule has 0 bridgehead atoms. The summed E-state index contributed by atoms with van der Waals surface area (Å²) >= 11 is 0. The topological polar surface area (TPSA) is 196 Å². The van der Waals surface area contributed by atoms with Gasteiger partial charge in [0, 0.05) is 30.5 Å². The zero-order valence-corrected chi connectivity index (χ0v) is 24.1. The highest BCUT2D eigenvalue weighted by Gasteiger charge is 2.34. The van der Waals surface area contributed by atoms with Gasteiger partial charge >= 0.3 is 0 Å². The standard InChI is InChI=1S/C25H40N4O9S/c1-15(2)21(24(35)26-16(3)22(33)25(4,5)6)28-23(34)17(14-39(36,37)38)27-18(30)10-8-7-9-13-29-19(31)11-12-20(29)32/h11-12,15-17,21H,7-10,13-14H2,1-6H3,(H,26,35)(H,27,30)(H,28,34)(H,36,37,38)/t16-,17-,21-/m0/s1. The van der Waals surface area contributed by atoms with Gasteiger partial charge in [-0.25, -0.2) is 0 Å². The Hall–Kier alpha value is -3.13. The molecule has 0 aliphatic carbocycles. The van der Waals surface area contributed by atoms with E-state index in [1.54, 1.807) is 34.6 Å². The summed E-state index contributed by atoms with van der Waals surface area (Å²) in [6, 6.07) is -3.68. The van der Waals surface area contributed by atoms with Crippen LogP contribution >= 0.6 is 0 Å². The molecule has 0 spiro atoms. The maximum atomic E-state index is 12.9. The molecule has 220 valence electrons. The predicted octanol–water partition coefficient (Wildman–Crippen LogP) is 0.105. The molecule has 13 nitrogen and oxygen atoms in total. The van der Waals surface area contributed by atoms with Crippen LogP contribution in [0.15, 0.2) is 12.2 Å². The maximum absolute atomic E-state index is 12.9. The lowest BCUT2D eigenvalue weighted by atomic mass is 9.87. The third-order valence-corrected chi connectivity index (χ3v) is 6.71. The quantitative estimate of drug-likeness (QED) is 0.120. The second-order valence-corrected chi connectivity index (χ2v) is 12.4. The second kappa shape index (κ2) is 14.3. The van der Waals surface area contributed by atoms with Gasteiger partial charge in [0.2, 0.25) is 17.7 Å². The van der Waals surface area contributed by atoms with E-state index in [0.717, 1.165) is 4.90 Å². The van der Waals surface area contributed by atoms with E-state index in [2.05, 4.69) is 16.0 Å². The number of rotatable bonds is 15. The highest BCUT2D eigenvalue weighted by molar-refractivity contribution is 7.85. The summed E-state index contributed by atoms with van der Waals surface area (Å²) in [5, 5.41) is 7.25. The molecule has 1 aliphatic rings. The molecular formula is C25H40N4O9S. The first-order valence-electron chi connectivity index (χ1n) is 12.8. The fraction of sp³-hybridized carbons (Fsp3) is 0.680. The molecule has 3 atom stereocenters. The number of hydrogen-bond acceptors (Lipinski definition) is 8.